The lowest BCUT2D eigenvalue weighted by Crippen LogP contribution is -2.40. The van der Waals surface area contributed by atoms with Crippen LogP contribution in [-0.2, 0) is 6.54 Å². The van der Waals surface area contributed by atoms with Crippen molar-refractivity contribution in [2.24, 2.45) is 4.99 Å². The fourth-order valence-electron chi connectivity index (χ4n) is 1.15. The second-order valence-electron chi connectivity index (χ2n) is 3.57. The lowest BCUT2D eigenvalue weighted by Gasteiger charge is -2.13. The number of nitrogens with zero attached hydrogens (tertiary/aromatic N) is 1. The van der Waals surface area contributed by atoms with Gasteiger partial charge in [0.25, 0.3) is 0 Å². The first-order valence-electron chi connectivity index (χ1n) is 5.29. The topological polar surface area (TPSA) is 49.6 Å². The summed E-state index contributed by atoms with van der Waals surface area (Å²) in [4.78, 5) is 4.40. The normalized spacial score (nSPS) is 11.9. The highest BCUT2D eigenvalue weighted by atomic mass is 16.3. The summed E-state index contributed by atoms with van der Waals surface area (Å²) in [6.07, 6.45) is 1.66. The molecule has 84 valence electrons. The van der Waals surface area contributed by atoms with E-state index in [1.165, 1.54) is 0 Å². The first kappa shape index (κ1) is 11.6. The van der Waals surface area contributed by atoms with Crippen LogP contribution in [0.5, 0.6) is 0 Å². The van der Waals surface area contributed by atoms with Crippen LogP contribution < -0.4 is 10.6 Å². The van der Waals surface area contributed by atoms with E-state index in [9.17, 15) is 0 Å². The predicted octanol–water partition coefficient (Wildman–Crippen LogP) is 1.74. The number of aliphatic imine (C=N–C) groups is 1. The van der Waals surface area contributed by atoms with Gasteiger partial charge in [-0.1, -0.05) is 0 Å². The molecule has 1 aromatic heterocycles. The molecule has 4 nitrogen and oxygen atoms in total. The average molecular weight is 209 g/mol. The van der Waals surface area contributed by atoms with Crippen LogP contribution in [0.4, 0.5) is 0 Å². The predicted molar refractivity (Wildman–Crippen MR) is 61.8 cm³/mol. The molecule has 15 heavy (non-hydrogen) atoms. The number of hydrogen-bond donors (Lipinski definition) is 2. The molecule has 1 heterocycles. The fraction of sp³-hybridized carbons (Fsp3) is 0.545. The molecule has 0 aromatic carbocycles. The first-order valence-corrected chi connectivity index (χ1v) is 5.29. The van der Waals surface area contributed by atoms with Crippen LogP contribution in [-0.4, -0.2) is 18.5 Å². The molecule has 1 aromatic rings. The minimum absolute atomic E-state index is 0.374. The van der Waals surface area contributed by atoms with E-state index >= 15 is 0 Å². The summed E-state index contributed by atoms with van der Waals surface area (Å²) in [5, 5.41) is 6.41. The molecule has 2 N–H and O–H groups in total. The quantitative estimate of drug-likeness (QED) is 0.586. The Kier molecular flexibility index (Phi) is 4.74. The zero-order chi connectivity index (χ0) is 11.1. The molecule has 0 bridgehead atoms. The van der Waals surface area contributed by atoms with Crippen molar-refractivity contribution in [2.45, 2.75) is 33.4 Å². The summed E-state index contributed by atoms with van der Waals surface area (Å²) in [6.45, 7) is 7.63. The molecule has 0 saturated carbocycles. The zero-order valence-electron chi connectivity index (χ0n) is 9.58. The largest absolute Gasteiger partial charge is 0.467 e. The minimum atomic E-state index is 0.374. The van der Waals surface area contributed by atoms with E-state index in [4.69, 9.17) is 4.42 Å². The molecular weight excluding hydrogens is 190 g/mol. The summed E-state index contributed by atoms with van der Waals surface area (Å²) >= 11 is 0. The summed E-state index contributed by atoms with van der Waals surface area (Å²) in [5.41, 5.74) is 0. The highest BCUT2D eigenvalue weighted by Gasteiger charge is 2.00. The second-order valence-corrected chi connectivity index (χ2v) is 3.57. The van der Waals surface area contributed by atoms with Crippen LogP contribution in [0.25, 0.3) is 0 Å². The molecule has 0 saturated heterocycles. The van der Waals surface area contributed by atoms with Gasteiger partial charge >= 0.3 is 0 Å². The van der Waals surface area contributed by atoms with Gasteiger partial charge in [-0.2, -0.15) is 0 Å². The van der Waals surface area contributed by atoms with Crippen molar-refractivity contribution >= 4 is 5.96 Å². The van der Waals surface area contributed by atoms with E-state index in [0.717, 1.165) is 18.3 Å². The van der Waals surface area contributed by atoms with Crippen molar-refractivity contribution in [3.63, 3.8) is 0 Å². The summed E-state index contributed by atoms with van der Waals surface area (Å²) in [6, 6.07) is 4.16. The van der Waals surface area contributed by atoms with Gasteiger partial charge in [-0.15, -0.1) is 0 Å². The number of rotatable bonds is 4. The smallest absolute Gasteiger partial charge is 0.191 e. The van der Waals surface area contributed by atoms with E-state index < -0.39 is 0 Å². The molecule has 0 atom stereocenters. The van der Waals surface area contributed by atoms with E-state index in [-0.39, 0.29) is 0 Å². The van der Waals surface area contributed by atoms with Crippen molar-refractivity contribution in [3.8, 4) is 0 Å². The highest BCUT2D eigenvalue weighted by Crippen LogP contribution is 2.01. The van der Waals surface area contributed by atoms with Crippen molar-refractivity contribution in [1.82, 2.24) is 10.6 Å². The van der Waals surface area contributed by atoms with E-state index in [0.29, 0.717) is 12.6 Å². The Balaban J connectivity index is 2.50. The standard InChI is InChI=1S/C11H19N3O/c1-4-12-11(14-9(2)3)13-8-10-6-5-7-15-10/h5-7,9H,4,8H2,1-3H3,(H2,12,13,14). The zero-order valence-corrected chi connectivity index (χ0v) is 9.58. The summed E-state index contributed by atoms with van der Waals surface area (Å²) in [7, 11) is 0. The average Bonchev–Trinajstić information content (AvgIpc) is 2.66. The highest BCUT2D eigenvalue weighted by molar-refractivity contribution is 5.79. The molecule has 1 rings (SSSR count). The molecule has 4 heteroatoms. The Bertz CT molecular complexity index is 291. The van der Waals surface area contributed by atoms with Gasteiger partial charge in [-0.25, -0.2) is 4.99 Å². The Labute approximate surface area is 90.8 Å². The lowest BCUT2D eigenvalue weighted by molar-refractivity contribution is 0.511. The monoisotopic (exact) mass is 209 g/mol. The second kappa shape index (κ2) is 6.11. The Morgan fingerprint density at radius 2 is 2.33 bits per heavy atom. The van der Waals surface area contributed by atoms with Gasteiger partial charge in [0, 0.05) is 12.6 Å². The molecule has 0 aliphatic heterocycles. The number of nitrogens with one attached hydrogen (secondary N) is 2. The third-order valence-corrected chi connectivity index (χ3v) is 1.74. The molecule has 0 aliphatic rings. The molecule has 0 amide bonds. The van der Waals surface area contributed by atoms with Crippen LogP contribution in [0.2, 0.25) is 0 Å². The Morgan fingerprint density at radius 1 is 1.53 bits per heavy atom. The third kappa shape index (κ3) is 4.54. The van der Waals surface area contributed by atoms with Crippen LogP contribution in [0.15, 0.2) is 27.8 Å². The van der Waals surface area contributed by atoms with Crippen LogP contribution in [0.3, 0.4) is 0 Å². The van der Waals surface area contributed by atoms with Gasteiger partial charge in [-0.3, -0.25) is 0 Å². The van der Waals surface area contributed by atoms with E-state index in [2.05, 4.69) is 29.5 Å². The summed E-state index contributed by atoms with van der Waals surface area (Å²) < 4.78 is 5.20. The van der Waals surface area contributed by atoms with Crippen molar-refractivity contribution in [1.29, 1.82) is 0 Å². The number of guanidine groups is 1. The van der Waals surface area contributed by atoms with Crippen molar-refractivity contribution in [2.75, 3.05) is 6.54 Å². The van der Waals surface area contributed by atoms with E-state index in [1.54, 1.807) is 6.26 Å². The molecule has 0 fully saturated rings. The third-order valence-electron chi connectivity index (χ3n) is 1.74. The SMILES string of the molecule is CCNC(=NCc1ccco1)NC(C)C. The Morgan fingerprint density at radius 3 is 2.87 bits per heavy atom. The molecular formula is C11H19N3O. The van der Waals surface area contributed by atoms with E-state index in [1.807, 2.05) is 19.1 Å². The maximum atomic E-state index is 5.20. The van der Waals surface area contributed by atoms with Crippen molar-refractivity contribution in [3.05, 3.63) is 24.2 Å². The number of furan rings is 1. The van der Waals surface area contributed by atoms with Crippen LogP contribution >= 0.6 is 0 Å². The minimum Gasteiger partial charge on any atom is -0.467 e. The molecule has 0 aliphatic carbocycles. The maximum Gasteiger partial charge on any atom is 0.191 e. The van der Waals surface area contributed by atoms with Crippen LogP contribution in [0.1, 0.15) is 26.5 Å². The van der Waals surface area contributed by atoms with Gasteiger partial charge in [0.1, 0.15) is 12.3 Å². The van der Waals surface area contributed by atoms with Gasteiger partial charge < -0.3 is 15.1 Å². The van der Waals surface area contributed by atoms with Gasteiger partial charge in [0.05, 0.1) is 6.26 Å². The maximum absolute atomic E-state index is 5.20. The Hall–Kier alpha value is -1.45. The number of hydrogen-bond acceptors (Lipinski definition) is 2. The lowest BCUT2D eigenvalue weighted by atomic mass is 10.4. The fourth-order valence-corrected chi connectivity index (χ4v) is 1.15. The van der Waals surface area contributed by atoms with Gasteiger partial charge in [0.2, 0.25) is 0 Å². The molecule has 0 radical (unpaired) electrons. The molecule has 0 spiro atoms. The molecule has 0 unspecified atom stereocenters. The summed E-state index contributed by atoms with van der Waals surface area (Å²) in [5.74, 6) is 1.69. The van der Waals surface area contributed by atoms with Crippen molar-refractivity contribution < 1.29 is 4.42 Å². The first-order chi connectivity index (χ1) is 7.22. The van der Waals surface area contributed by atoms with Gasteiger partial charge in [-0.05, 0) is 32.9 Å². The van der Waals surface area contributed by atoms with Gasteiger partial charge in [0.15, 0.2) is 5.96 Å². The van der Waals surface area contributed by atoms with Crippen LogP contribution in [0, 0.1) is 0 Å².